The van der Waals surface area contributed by atoms with Crippen LogP contribution in [-0.4, -0.2) is 28.0 Å². The molecule has 0 fully saturated rings. The smallest absolute Gasteiger partial charge is 0.494 e. The van der Waals surface area contributed by atoms with E-state index in [9.17, 15) is 4.79 Å². The Labute approximate surface area is 79.4 Å². The molecule has 0 aromatic carbocycles. The van der Waals surface area contributed by atoms with Crippen LogP contribution in [0.25, 0.3) is 0 Å². The van der Waals surface area contributed by atoms with Crippen LogP contribution in [0.15, 0.2) is 18.7 Å². The van der Waals surface area contributed by atoms with Gasteiger partial charge >= 0.3 is 6.16 Å². The lowest BCUT2D eigenvalue weighted by molar-refractivity contribution is 0.108. The molecule has 3 N–H and O–H groups in total. The minimum Gasteiger partial charge on any atom is -0.494 e. The molecular formula is C8H9NO5. The number of hydrogen-bond acceptors (Lipinski definition) is 5. The molecule has 6 heteroatoms. The Kier molecular flexibility index (Phi) is 3.01. The van der Waals surface area contributed by atoms with Gasteiger partial charge < -0.3 is 19.7 Å². The molecule has 1 rings (SSSR count). The molecule has 0 saturated heterocycles. The number of carbonyl (C=O) groups is 1. The zero-order chi connectivity index (χ0) is 10.6. The topological polar surface area (TPSA) is 91.8 Å². The summed E-state index contributed by atoms with van der Waals surface area (Å²) in [5, 5.41) is 17.9. The second kappa shape index (κ2) is 4.22. The minimum absolute atomic E-state index is 0.00992. The lowest BCUT2D eigenvalue weighted by Crippen LogP contribution is -2.09. The largest absolute Gasteiger partial charge is 0.514 e. The summed E-state index contributed by atoms with van der Waals surface area (Å²) in [7, 11) is 0. The predicted octanol–water partition coefficient (Wildman–Crippen LogP) is 1.13. The van der Waals surface area contributed by atoms with Gasteiger partial charge in [0.25, 0.3) is 0 Å². The van der Waals surface area contributed by atoms with Crippen LogP contribution in [-0.2, 0) is 4.74 Å². The van der Waals surface area contributed by atoms with Crippen molar-refractivity contribution in [3.05, 3.63) is 18.7 Å². The van der Waals surface area contributed by atoms with Crippen molar-refractivity contribution in [2.45, 2.75) is 0 Å². The number of ether oxygens (including phenoxy) is 2. The highest BCUT2D eigenvalue weighted by Crippen LogP contribution is 2.29. The van der Waals surface area contributed by atoms with Crippen LogP contribution in [0.5, 0.6) is 17.5 Å². The number of aromatic hydroxyl groups is 2. The quantitative estimate of drug-likeness (QED) is 0.501. The highest BCUT2D eigenvalue weighted by atomic mass is 16.7. The van der Waals surface area contributed by atoms with Crippen molar-refractivity contribution in [2.75, 3.05) is 6.61 Å². The predicted molar refractivity (Wildman–Crippen MR) is 46.3 cm³/mol. The number of aromatic amines is 1. The van der Waals surface area contributed by atoms with E-state index in [0.29, 0.717) is 0 Å². The number of aromatic nitrogens is 1. The Balaban J connectivity index is 2.55. The molecule has 6 nitrogen and oxygen atoms in total. The Morgan fingerprint density at radius 1 is 1.64 bits per heavy atom. The Bertz CT molecular complexity index is 344. The Morgan fingerprint density at radius 3 is 2.86 bits per heavy atom. The van der Waals surface area contributed by atoms with Crippen LogP contribution in [0.3, 0.4) is 0 Å². The van der Waals surface area contributed by atoms with E-state index in [2.05, 4.69) is 21.0 Å². The fourth-order valence-electron chi connectivity index (χ4n) is 0.736. The molecule has 1 aromatic heterocycles. The summed E-state index contributed by atoms with van der Waals surface area (Å²) in [5.41, 5.74) is 0. The monoisotopic (exact) mass is 199 g/mol. The van der Waals surface area contributed by atoms with E-state index < -0.39 is 12.0 Å². The second-order valence-corrected chi connectivity index (χ2v) is 2.32. The van der Waals surface area contributed by atoms with Gasteiger partial charge in [0.2, 0.25) is 5.88 Å². The number of carbonyl (C=O) groups excluding carboxylic acids is 1. The van der Waals surface area contributed by atoms with Gasteiger partial charge in [-0.2, -0.15) is 0 Å². The lowest BCUT2D eigenvalue weighted by atomic mass is 10.6. The van der Waals surface area contributed by atoms with Crippen molar-refractivity contribution < 1.29 is 24.5 Å². The third-order valence-electron chi connectivity index (χ3n) is 1.26. The first-order valence-corrected chi connectivity index (χ1v) is 3.70. The second-order valence-electron chi connectivity index (χ2n) is 2.32. The van der Waals surface area contributed by atoms with Crippen molar-refractivity contribution in [3.8, 4) is 17.5 Å². The standard InChI is InChI=1S/C8H9NO5/c1-2-3-13-8(12)14-5-4-6(10)9-7(5)11/h2,4,9-11H,1,3H2. The summed E-state index contributed by atoms with van der Waals surface area (Å²) < 4.78 is 8.99. The van der Waals surface area contributed by atoms with Crippen LogP contribution < -0.4 is 4.74 Å². The van der Waals surface area contributed by atoms with E-state index in [4.69, 9.17) is 10.2 Å². The fraction of sp³-hybridized carbons (Fsp3) is 0.125. The van der Waals surface area contributed by atoms with E-state index in [0.717, 1.165) is 6.07 Å². The molecule has 14 heavy (non-hydrogen) atoms. The molecule has 0 spiro atoms. The van der Waals surface area contributed by atoms with Gasteiger partial charge in [-0.05, 0) is 0 Å². The molecule has 0 amide bonds. The van der Waals surface area contributed by atoms with Crippen molar-refractivity contribution in [1.29, 1.82) is 0 Å². The molecular weight excluding hydrogens is 190 g/mol. The summed E-state index contributed by atoms with van der Waals surface area (Å²) in [5.74, 6) is -0.955. The summed E-state index contributed by atoms with van der Waals surface area (Å²) in [6, 6.07) is 1.05. The van der Waals surface area contributed by atoms with E-state index in [1.165, 1.54) is 6.08 Å². The fourth-order valence-corrected chi connectivity index (χ4v) is 0.736. The van der Waals surface area contributed by atoms with E-state index in [-0.39, 0.29) is 18.2 Å². The third kappa shape index (κ3) is 2.44. The molecule has 0 saturated carbocycles. The van der Waals surface area contributed by atoms with Gasteiger partial charge in [0, 0.05) is 6.07 Å². The first kappa shape index (κ1) is 9.97. The van der Waals surface area contributed by atoms with Crippen LogP contribution in [0.4, 0.5) is 4.79 Å². The molecule has 0 bridgehead atoms. The SMILES string of the molecule is C=CCOC(=O)Oc1cc(O)[nH]c1O. The summed E-state index contributed by atoms with van der Waals surface area (Å²) in [6.45, 7) is 3.34. The average molecular weight is 199 g/mol. The highest BCUT2D eigenvalue weighted by Gasteiger charge is 2.12. The van der Waals surface area contributed by atoms with Crippen LogP contribution in [0.2, 0.25) is 0 Å². The maximum Gasteiger partial charge on any atom is 0.514 e. The van der Waals surface area contributed by atoms with E-state index in [1.807, 2.05) is 0 Å². The molecule has 0 aliphatic heterocycles. The van der Waals surface area contributed by atoms with Gasteiger partial charge in [0.05, 0.1) is 0 Å². The van der Waals surface area contributed by atoms with Gasteiger partial charge in [0.1, 0.15) is 6.61 Å². The Morgan fingerprint density at radius 2 is 2.36 bits per heavy atom. The maximum atomic E-state index is 10.8. The zero-order valence-corrected chi connectivity index (χ0v) is 7.19. The van der Waals surface area contributed by atoms with Gasteiger partial charge in [-0.3, -0.25) is 4.98 Å². The molecule has 0 aliphatic rings. The minimum atomic E-state index is -0.987. The molecule has 0 aliphatic carbocycles. The van der Waals surface area contributed by atoms with Gasteiger partial charge in [-0.25, -0.2) is 4.79 Å². The summed E-state index contributed by atoms with van der Waals surface area (Å²) in [6.07, 6.45) is 0.384. The molecule has 0 unspecified atom stereocenters. The third-order valence-corrected chi connectivity index (χ3v) is 1.26. The van der Waals surface area contributed by atoms with Crippen LogP contribution in [0, 0.1) is 0 Å². The molecule has 1 aromatic rings. The van der Waals surface area contributed by atoms with Crippen LogP contribution >= 0.6 is 0 Å². The molecule has 1 heterocycles. The number of H-pyrrole nitrogens is 1. The first-order chi connectivity index (χ1) is 6.63. The number of rotatable bonds is 3. The summed E-state index contributed by atoms with van der Waals surface area (Å²) >= 11 is 0. The molecule has 0 atom stereocenters. The van der Waals surface area contributed by atoms with Gasteiger partial charge in [-0.15, -0.1) is 0 Å². The molecule has 0 radical (unpaired) electrons. The van der Waals surface area contributed by atoms with E-state index in [1.54, 1.807) is 0 Å². The van der Waals surface area contributed by atoms with Crippen molar-refractivity contribution >= 4 is 6.16 Å². The molecule has 76 valence electrons. The van der Waals surface area contributed by atoms with Crippen molar-refractivity contribution in [1.82, 2.24) is 4.98 Å². The summed E-state index contributed by atoms with van der Waals surface area (Å²) in [4.78, 5) is 13.0. The average Bonchev–Trinajstić information content (AvgIpc) is 2.42. The van der Waals surface area contributed by atoms with E-state index >= 15 is 0 Å². The van der Waals surface area contributed by atoms with Gasteiger partial charge in [-0.1, -0.05) is 12.7 Å². The first-order valence-electron chi connectivity index (χ1n) is 3.70. The van der Waals surface area contributed by atoms with Crippen LogP contribution in [0.1, 0.15) is 0 Å². The number of nitrogens with one attached hydrogen (secondary N) is 1. The normalized spacial score (nSPS) is 9.43. The highest BCUT2D eigenvalue weighted by molar-refractivity contribution is 5.65. The maximum absolute atomic E-state index is 10.8. The number of hydrogen-bond donors (Lipinski definition) is 3. The van der Waals surface area contributed by atoms with Crippen molar-refractivity contribution in [3.63, 3.8) is 0 Å². The van der Waals surface area contributed by atoms with Crippen molar-refractivity contribution in [2.24, 2.45) is 0 Å². The Hall–Kier alpha value is -2.11. The zero-order valence-electron chi connectivity index (χ0n) is 7.19. The lowest BCUT2D eigenvalue weighted by Gasteiger charge is -2.01. The van der Waals surface area contributed by atoms with Gasteiger partial charge in [0.15, 0.2) is 11.6 Å².